The van der Waals surface area contributed by atoms with Crippen LogP contribution < -0.4 is 10.6 Å². The zero-order valence-electron chi connectivity index (χ0n) is 15.3. The van der Waals surface area contributed by atoms with Crippen molar-refractivity contribution >= 4 is 17.6 Å². The summed E-state index contributed by atoms with van der Waals surface area (Å²) in [6, 6.07) is 8.08. The Balaban J connectivity index is 1.61. The van der Waals surface area contributed by atoms with Crippen LogP contribution >= 0.6 is 0 Å². The predicted molar refractivity (Wildman–Crippen MR) is 103 cm³/mol. The van der Waals surface area contributed by atoms with Gasteiger partial charge in [0.15, 0.2) is 5.96 Å². The van der Waals surface area contributed by atoms with Crippen LogP contribution in [0.4, 0.5) is 5.69 Å². The van der Waals surface area contributed by atoms with Crippen molar-refractivity contribution in [2.75, 3.05) is 25.0 Å². The summed E-state index contributed by atoms with van der Waals surface area (Å²) in [5.41, 5.74) is 2.01. The molecule has 1 aliphatic carbocycles. The summed E-state index contributed by atoms with van der Waals surface area (Å²) in [5, 5.41) is 6.46. The van der Waals surface area contributed by atoms with Crippen molar-refractivity contribution in [2.45, 2.75) is 52.0 Å². The van der Waals surface area contributed by atoms with Crippen LogP contribution in [0.15, 0.2) is 29.3 Å². The van der Waals surface area contributed by atoms with E-state index < -0.39 is 0 Å². The fourth-order valence-corrected chi connectivity index (χ4v) is 3.70. The lowest BCUT2D eigenvalue weighted by Gasteiger charge is -2.20. The standard InChI is InChI=1S/C20H30N4O/c1-2-21-20(24-12-5-6-13-24)22-15-16-8-7-11-18(14-16)23-19(25)17-9-3-4-10-17/h7-8,11,14,17H,2-6,9-10,12-13,15H2,1H3,(H,21,22)(H,23,25). The predicted octanol–water partition coefficient (Wildman–Crippen LogP) is 3.38. The average molecular weight is 342 g/mol. The summed E-state index contributed by atoms with van der Waals surface area (Å²) in [6.07, 6.45) is 6.89. The van der Waals surface area contributed by atoms with Crippen molar-refractivity contribution in [1.29, 1.82) is 0 Å². The molecule has 1 heterocycles. The molecule has 5 nitrogen and oxygen atoms in total. The monoisotopic (exact) mass is 342 g/mol. The Morgan fingerprint density at radius 2 is 1.96 bits per heavy atom. The minimum Gasteiger partial charge on any atom is -0.357 e. The van der Waals surface area contributed by atoms with E-state index in [9.17, 15) is 4.79 Å². The van der Waals surface area contributed by atoms with Gasteiger partial charge in [-0.25, -0.2) is 4.99 Å². The fourth-order valence-electron chi connectivity index (χ4n) is 3.70. The minimum absolute atomic E-state index is 0.170. The number of nitrogens with zero attached hydrogens (tertiary/aromatic N) is 2. The third kappa shape index (κ3) is 4.97. The van der Waals surface area contributed by atoms with Crippen molar-refractivity contribution in [3.8, 4) is 0 Å². The van der Waals surface area contributed by atoms with Crippen LogP contribution in [0.1, 0.15) is 51.0 Å². The van der Waals surface area contributed by atoms with Crippen molar-refractivity contribution in [1.82, 2.24) is 10.2 Å². The largest absolute Gasteiger partial charge is 0.357 e. The maximum absolute atomic E-state index is 12.3. The maximum Gasteiger partial charge on any atom is 0.227 e. The van der Waals surface area contributed by atoms with Gasteiger partial charge < -0.3 is 15.5 Å². The highest BCUT2D eigenvalue weighted by atomic mass is 16.1. The van der Waals surface area contributed by atoms with Gasteiger partial charge in [-0.05, 0) is 50.3 Å². The lowest BCUT2D eigenvalue weighted by atomic mass is 10.1. The third-order valence-electron chi connectivity index (χ3n) is 5.07. The molecule has 0 unspecified atom stereocenters. The number of hydrogen-bond acceptors (Lipinski definition) is 2. The molecule has 0 radical (unpaired) electrons. The Bertz CT molecular complexity index is 601. The fraction of sp³-hybridized carbons (Fsp3) is 0.600. The summed E-state index contributed by atoms with van der Waals surface area (Å²) < 4.78 is 0. The van der Waals surface area contributed by atoms with Crippen LogP contribution in [0.3, 0.4) is 0 Å². The van der Waals surface area contributed by atoms with Gasteiger partial charge in [-0.15, -0.1) is 0 Å². The van der Waals surface area contributed by atoms with E-state index in [1.165, 1.54) is 25.7 Å². The number of benzene rings is 1. The van der Waals surface area contributed by atoms with Gasteiger partial charge in [0.25, 0.3) is 0 Å². The second kappa shape index (κ2) is 8.88. The molecule has 1 aromatic carbocycles. The minimum atomic E-state index is 0.170. The number of aliphatic imine (C=N–C) groups is 1. The Labute approximate surface area is 150 Å². The Morgan fingerprint density at radius 1 is 1.20 bits per heavy atom. The number of carbonyl (C=O) groups is 1. The molecule has 0 spiro atoms. The van der Waals surface area contributed by atoms with Crippen LogP contribution in [0, 0.1) is 5.92 Å². The molecule has 1 aromatic rings. The molecular formula is C20H30N4O. The zero-order chi connectivity index (χ0) is 17.5. The molecule has 2 fully saturated rings. The number of anilines is 1. The first-order valence-electron chi connectivity index (χ1n) is 9.69. The molecule has 1 aliphatic heterocycles. The van der Waals surface area contributed by atoms with E-state index >= 15 is 0 Å². The molecule has 2 aliphatic rings. The highest BCUT2D eigenvalue weighted by Crippen LogP contribution is 2.26. The molecule has 0 aromatic heterocycles. The number of likely N-dealkylation sites (tertiary alicyclic amines) is 1. The second-order valence-corrected chi connectivity index (χ2v) is 7.04. The molecule has 25 heavy (non-hydrogen) atoms. The van der Waals surface area contributed by atoms with Crippen molar-refractivity contribution in [3.05, 3.63) is 29.8 Å². The van der Waals surface area contributed by atoms with Gasteiger partial charge in [-0.1, -0.05) is 25.0 Å². The summed E-state index contributed by atoms with van der Waals surface area (Å²) in [4.78, 5) is 19.4. The van der Waals surface area contributed by atoms with E-state index in [0.29, 0.717) is 6.54 Å². The van der Waals surface area contributed by atoms with Crippen molar-refractivity contribution in [3.63, 3.8) is 0 Å². The summed E-state index contributed by atoms with van der Waals surface area (Å²) in [5.74, 6) is 1.36. The highest BCUT2D eigenvalue weighted by molar-refractivity contribution is 5.92. The van der Waals surface area contributed by atoms with Gasteiger partial charge in [-0.2, -0.15) is 0 Å². The molecule has 5 heteroatoms. The van der Waals surface area contributed by atoms with E-state index in [1.54, 1.807) is 0 Å². The summed E-state index contributed by atoms with van der Waals surface area (Å²) in [6.45, 7) is 5.79. The van der Waals surface area contributed by atoms with E-state index in [0.717, 1.165) is 49.7 Å². The van der Waals surface area contributed by atoms with Crippen LogP contribution in [0.5, 0.6) is 0 Å². The third-order valence-corrected chi connectivity index (χ3v) is 5.07. The molecule has 1 saturated carbocycles. The number of hydrogen-bond donors (Lipinski definition) is 2. The number of rotatable bonds is 5. The molecule has 0 bridgehead atoms. The lowest BCUT2D eigenvalue weighted by Crippen LogP contribution is -2.39. The first kappa shape index (κ1) is 17.8. The molecule has 136 valence electrons. The van der Waals surface area contributed by atoms with E-state index in [-0.39, 0.29) is 11.8 Å². The lowest BCUT2D eigenvalue weighted by molar-refractivity contribution is -0.119. The Hall–Kier alpha value is -2.04. The van der Waals surface area contributed by atoms with Crippen LogP contribution in [0.2, 0.25) is 0 Å². The van der Waals surface area contributed by atoms with E-state index in [4.69, 9.17) is 4.99 Å². The van der Waals surface area contributed by atoms with Gasteiger partial charge in [-0.3, -0.25) is 4.79 Å². The molecule has 1 saturated heterocycles. The van der Waals surface area contributed by atoms with Gasteiger partial charge in [0.1, 0.15) is 0 Å². The highest BCUT2D eigenvalue weighted by Gasteiger charge is 2.22. The van der Waals surface area contributed by atoms with E-state index in [1.807, 2.05) is 18.2 Å². The van der Waals surface area contributed by atoms with Crippen LogP contribution in [0.25, 0.3) is 0 Å². The maximum atomic E-state index is 12.3. The Kier molecular flexibility index (Phi) is 6.31. The van der Waals surface area contributed by atoms with Crippen molar-refractivity contribution in [2.24, 2.45) is 10.9 Å². The number of guanidine groups is 1. The zero-order valence-corrected chi connectivity index (χ0v) is 15.3. The second-order valence-electron chi connectivity index (χ2n) is 7.04. The summed E-state index contributed by atoms with van der Waals surface area (Å²) >= 11 is 0. The molecule has 2 N–H and O–H groups in total. The topological polar surface area (TPSA) is 56.7 Å². The van der Waals surface area contributed by atoms with Crippen molar-refractivity contribution < 1.29 is 4.79 Å². The number of nitrogens with one attached hydrogen (secondary N) is 2. The first-order chi connectivity index (χ1) is 12.3. The van der Waals surface area contributed by atoms with Gasteiger partial charge in [0, 0.05) is 31.2 Å². The SMILES string of the molecule is CCNC(=NCc1cccc(NC(=O)C2CCCC2)c1)N1CCCC1. The quantitative estimate of drug-likeness (QED) is 0.637. The average Bonchev–Trinajstić information content (AvgIpc) is 3.32. The molecular weight excluding hydrogens is 312 g/mol. The van der Waals surface area contributed by atoms with Crippen LogP contribution in [-0.2, 0) is 11.3 Å². The normalized spacial score (nSPS) is 18.6. The number of carbonyl (C=O) groups excluding carboxylic acids is 1. The molecule has 0 atom stereocenters. The smallest absolute Gasteiger partial charge is 0.227 e. The summed E-state index contributed by atoms with van der Waals surface area (Å²) in [7, 11) is 0. The van der Waals surface area contributed by atoms with Gasteiger partial charge in [0.2, 0.25) is 5.91 Å². The first-order valence-corrected chi connectivity index (χ1v) is 9.69. The van der Waals surface area contributed by atoms with Gasteiger partial charge in [0.05, 0.1) is 6.54 Å². The Morgan fingerprint density at radius 3 is 2.68 bits per heavy atom. The van der Waals surface area contributed by atoms with Crippen LogP contribution in [-0.4, -0.2) is 36.4 Å². The molecule has 1 amide bonds. The van der Waals surface area contributed by atoms with Gasteiger partial charge >= 0.3 is 0 Å². The number of amides is 1. The molecule has 3 rings (SSSR count). The van der Waals surface area contributed by atoms with E-state index in [2.05, 4.69) is 28.5 Å².